The lowest BCUT2D eigenvalue weighted by Crippen LogP contribution is -2.14. The molecule has 0 saturated carbocycles. The fourth-order valence-electron chi connectivity index (χ4n) is 2.64. The highest BCUT2D eigenvalue weighted by Gasteiger charge is 2.14. The number of hydrogen-bond acceptors (Lipinski definition) is 4. The molecule has 1 amide bonds. The van der Waals surface area contributed by atoms with Crippen molar-refractivity contribution in [2.24, 2.45) is 0 Å². The Bertz CT molecular complexity index is 931. The van der Waals surface area contributed by atoms with Crippen LogP contribution in [0.4, 0.5) is 5.69 Å². The van der Waals surface area contributed by atoms with Crippen LogP contribution < -0.4 is 10.1 Å². The van der Waals surface area contributed by atoms with Gasteiger partial charge in [-0.1, -0.05) is 11.6 Å². The van der Waals surface area contributed by atoms with E-state index < -0.39 is 0 Å². The molecule has 0 fully saturated rings. The second-order valence-electron chi connectivity index (χ2n) is 5.81. The van der Waals surface area contributed by atoms with E-state index >= 15 is 0 Å². The number of rotatable bonds is 6. The first kappa shape index (κ1) is 16.7. The Hall–Kier alpha value is -3.15. The smallest absolute Gasteiger partial charge is 0.224 e. The third kappa shape index (κ3) is 3.85. The summed E-state index contributed by atoms with van der Waals surface area (Å²) in [5, 5.41) is 2.80. The summed E-state index contributed by atoms with van der Waals surface area (Å²) in [6.07, 6.45) is 1.83. The summed E-state index contributed by atoms with van der Waals surface area (Å²) in [6, 6.07) is 10.9. The maximum Gasteiger partial charge on any atom is 0.224 e. The molecule has 0 aliphatic carbocycles. The highest BCUT2D eigenvalue weighted by Crippen LogP contribution is 2.22. The number of benzene rings is 2. The van der Waals surface area contributed by atoms with Crippen LogP contribution in [0, 0.1) is 6.92 Å². The quantitative estimate of drug-likeness (QED) is 0.675. The predicted octanol–water partition coefficient (Wildman–Crippen LogP) is 3.48. The predicted molar refractivity (Wildman–Crippen MR) is 96.0 cm³/mol. The first-order valence-corrected chi connectivity index (χ1v) is 7.97. The van der Waals surface area contributed by atoms with Gasteiger partial charge in [-0.05, 0) is 37.3 Å². The van der Waals surface area contributed by atoms with Gasteiger partial charge in [-0.15, -0.1) is 0 Å². The standard InChI is InChI=1S/C19H19N3O3/c1-12-3-7-18(25-2)14(9-12)17(23)6-8-19(24)22-13-4-5-15-16(10-13)21-11-20-15/h3-5,7,9-11H,6,8H2,1-2H3,(H,20,21)(H,22,24). The molecule has 2 N–H and O–H groups in total. The Morgan fingerprint density at radius 2 is 2.00 bits per heavy atom. The number of anilines is 1. The summed E-state index contributed by atoms with van der Waals surface area (Å²) < 4.78 is 5.23. The molecule has 2 aromatic carbocycles. The van der Waals surface area contributed by atoms with Crippen molar-refractivity contribution < 1.29 is 14.3 Å². The molecular weight excluding hydrogens is 318 g/mol. The number of hydrogen-bond donors (Lipinski definition) is 2. The van der Waals surface area contributed by atoms with Crippen LogP contribution >= 0.6 is 0 Å². The van der Waals surface area contributed by atoms with Crippen molar-refractivity contribution in [1.29, 1.82) is 0 Å². The van der Waals surface area contributed by atoms with Crippen LogP contribution in [0.25, 0.3) is 11.0 Å². The largest absolute Gasteiger partial charge is 0.496 e. The van der Waals surface area contributed by atoms with Gasteiger partial charge in [0.25, 0.3) is 0 Å². The minimum absolute atomic E-state index is 0.108. The van der Waals surface area contributed by atoms with Gasteiger partial charge in [-0.25, -0.2) is 4.98 Å². The Labute approximate surface area is 145 Å². The van der Waals surface area contributed by atoms with Crippen LogP contribution in [-0.2, 0) is 4.79 Å². The molecule has 0 aliphatic heterocycles. The summed E-state index contributed by atoms with van der Waals surface area (Å²) in [6.45, 7) is 1.91. The van der Waals surface area contributed by atoms with E-state index in [9.17, 15) is 9.59 Å². The second-order valence-corrected chi connectivity index (χ2v) is 5.81. The minimum atomic E-state index is -0.209. The number of ether oxygens (including phenoxy) is 1. The Morgan fingerprint density at radius 3 is 2.80 bits per heavy atom. The van der Waals surface area contributed by atoms with Gasteiger partial charge in [0.05, 0.1) is 30.0 Å². The van der Waals surface area contributed by atoms with Crippen LogP contribution in [0.5, 0.6) is 5.75 Å². The lowest BCUT2D eigenvalue weighted by atomic mass is 10.0. The molecule has 0 saturated heterocycles. The average Bonchev–Trinajstić information content (AvgIpc) is 3.07. The zero-order valence-corrected chi connectivity index (χ0v) is 14.1. The topological polar surface area (TPSA) is 84.1 Å². The van der Waals surface area contributed by atoms with E-state index in [1.54, 1.807) is 24.5 Å². The van der Waals surface area contributed by atoms with Gasteiger partial charge < -0.3 is 15.0 Å². The normalized spacial score (nSPS) is 10.6. The van der Waals surface area contributed by atoms with Crippen LogP contribution in [0.1, 0.15) is 28.8 Å². The number of aryl methyl sites for hydroxylation is 1. The number of H-pyrrole nitrogens is 1. The minimum Gasteiger partial charge on any atom is -0.496 e. The highest BCUT2D eigenvalue weighted by atomic mass is 16.5. The number of Topliss-reactive ketones (excluding diaryl/α,β-unsaturated/α-hetero) is 1. The fourth-order valence-corrected chi connectivity index (χ4v) is 2.64. The Kier molecular flexibility index (Phi) is 4.79. The molecule has 0 atom stereocenters. The molecule has 1 heterocycles. The second kappa shape index (κ2) is 7.17. The van der Waals surface area contributed by atoms with E-state index in [2.05, 4.69) is 15.3 Å². The lowest BCUT2D eigenvalue weighted by Gasteiger charge is -2.09. The first-order chi connectivity index (χ1) is 12.1. The summed E-state index contributed by atoms with van der Waals surface area (Å²) in [5.41, 5.74) is 3.83. The average molecular weight is 337 g/mol. The third-order valence-corrected chi connectivity index (χ3v) is 3.94. The van der Waals surface area contributed by atoms with Gasteiger partial charge in [0.1, 0.15) is 5.75 Å². The first-order valence-electron chi connectivity index (χ1n) is 7.97. The van der Waals surface area contributed by atoms with Crippen LogP contribution in [0.2, 0.25) is 0 Å². The summed E-state index contributed by atoms with van der Waals surface area (Å²) >= 11 is 0. The molecule has 3 rings (SSSR count). The van der Waals surface area contributed by atoms with Crippen LogP contribution in [0.3, 0.4) is 0 Å². The molecule has 6 heteroatoms. The molecule has 0 bridgehead atoms. The molecule has 0 spiro atoms. The van der Waals surface area contributed by atoms with E-state index in [0.717, 1.165) is 16.6 Å². The molecule has 128 valence electrons. The SMILES string of the molecule is COc1ccc(C)cc1C(=O)CCC(=O)Nc1ccc2nc[nH]c2c1. The monoisotopic (exact) mass is 337 g/mol. The molecule has 25 heavy (non-hydrogen) atoms. The van der Waals surface area contributed by atoms with Gasteiger partial charge >= 0.3 is 0 Å². The van der Waals surface area contributed by atoms with Crippen molar-refractivity contribution in [2.45, 2.75) is 19.8 Å². The van der Waals surface area contributed by atoms with Gasteiger partial charge in [0, 0.05) is 18.5 Å². The van der Waals surface area contributed by atoms with E-state index in [1.165, 1.54) is 7.11 Å². The zero-order chi connectivity index (χ0) is 17.8. The van der Waals surface area contributed by atoms with E-state index in [-0.39, 0.29) is 24.5 Å². The van der Waals surface area contributed by atoms with Crippen molar-refractivity contribution in [3.05, 3.63) is 53.9 Å². The summed E-state index contributed by atoms with van der Waals surface area (Å²) in [7, 11) is 1.53. The zero-order valence-electron chi connectivity index (χ0n) is 14.1. The molecule has 3 aromatic rings. The number of nitrogens with zero attached hydrogens (tertiary/aromatic N) is 1. The maximum absolute atomic E-state index is 12.4. The van der Waals surface area contributed by atoms with Crippen molar-refractivity contribution in [2.75, 3.05) is 12.4 Å². The number of imidazole rings is 1. The van der Waals surface area contributed by atoms with Crippen molar-refractivity contribution in [3.8, 4) is 5.75 Å². The molecular formula is C19H19N3O3. The number of ketones is 1. The number of amides is 1. The summed E-state index contributed by atoms with van der Waals surface area (Å²) in [5.74, 6) is 0.208. The molecule has 6 nitrogen and oxygen atoms in total. The Balaban J connectivity index is 1.61. The molecule has 0 unspecified atom stereocenters. The van der Waals surface area contributed by atoms with E-state index in [0.29, 0.717) is 17.0 Å². The van der Waals surface area contributed by atoms with Gasteiger partial charge in [0.2, 0.25) is 5.91 Å². The van der Waals surface area contributed by atoms with Crippen molar-refractivity contribution in [3.63, 3.8) is 0 Å². The molecule has 0 aliphatic rings. The highest BCUT2D eigenvalue weighted by molar-refractivity contribution is 6.02. The number of carbonyl (C=O) groups excluding carboxylic acids is 2. The maximum atomic E-state index is 12.4. The number of carbonyl (C=O) groups is 2. The number of methoxy groups -OCH3 is 1. The van der Waals surface area contributed by atoms with Gasteiger partial charge in [-0.3, -0.25) is 9.59 Å². The van der Waals surface area contributed by atoms with Crippen LogP contribution in [0.15, 0.2) is 42.7 Å². The fraction of sp³-hybridized carbons (Fsp3) is 0.211. The van der Waals surface area contributed by atoms with Crippen LogP contribution in [-0.4, -0.2) is 28.8 Å². The number of fused-ring (bicyclic) bond motifs is 1. The number of aromatic nitrogens is 2. The van der Waals surface area contributed by atoms with Crippen molar-refractivity contribution >= 4 is 28.4 Å². The molecule has 0 radical (unpaired) electrons. The number of nitrogens with one attached hydrogen (secondary N) is 2. The molecule has 1 aromatic heterocycles. The number of aromatic amines is 1. The lowest BCUT2D eigenvalue weighted by molar-refractivity contribution is -0.116. The van der Waals surface area contributed by atoms with E-state index in [4.69, 9.17) is 4.74 Å². The summed E-state index contributed by atoms with van der Waals surface area (Å²) in [4.78, 5) is 31.6. The van der Waals surface area contributed by atoms with E-state index in [1.807, 2.05) is 25.1 Å². The Morgan fingerprint density at radius 1 is 1.16 bits per heavy atom. The van der Waals surface area contributed by atoms with Gasteiger partial charge in [0.15, 0.2) is 5.78 Å². The van der Waals surface area contributed by atoms with Gasteiger partial charge in [-0.2, -0.15) is 0 Å². The van der Waals surface area contributed by atoms with Crippen molar-refractivity contribution in [1.82, 2.24) is 9.97 Å². The third-order valence-electron chi connectivity index (χ3n) is 3.94.